The van der Waals surface area contributed by atoms with Crippen molar-refractivity contribution in [1.29, 1.82) is 0 Å². The maximum absolute atomic E-state index is 11.5. The van der Waals surface area contributed by atoms with Gasteiger partial charge in [-0.3, -0.25) is 4.79 Å². The lowest BCUT2D eigenvalue weighted by atomic mass is 9.67. The van der Waals surface area contributed by atoms with Crippen LogP contribution in [0, 0.1) is 17.3 Å². The molecule has 92 valence electrons. The molecule has 1 saturated heterocycles. The molecule has 2 fully saturated rings. The van der Waals surface area contributed by atoms with E-state index in [1.54, 1.807) is 0 Å². The van der Waals surface area contributed by atoms with Gasteiger partial charge in [-0.05, 0) is 37.0 Å². The Morgan fingerprint density at radius 1 is 1.25 bits per heavy atom. The molecule has 0 aromatic carbocycles. The van der Waals surface area contributed by atoms with E-state index in [0.29, 0.717) is 5.41 Å². The van der Waals surface area contributed by atoms with Crippen LogP contribution in [0.1, 0.15) is 59.8 Å². The van der Waals surface area contributed by atoms with Crippen LogP contribution in [0.3, 0.4) is 0 Å². The maximum atomic E-state index is 11.5. The van der Waals surface area contributed by atoms with Crippen LogP contribution in [0.25, 0.3) is 0 Å². The van der Waals surface area contributed by atoms with Crippen LogP contribution in [-0.2, 0) is 9.53 Å². The van der Waals surface area contributed by atoms with Crippen molar-refractivity contribution in [2.24, 2.45) is 17.3 Å². The zero-order chi connectivity index (χ0) is 12.0. The molecule has 1 heterocycles. The van der Waals surface area contributed by atoms with Crippen LogP contribution < -0.4 is 0 Å². The Morgan fingerprint density at radius 3 is 2.19 bits per heavy atom. The first-order chi connectivity index (χ1) is 7.32. The average Bonchev–Trinajstić information content (AvgIpc) is 2.41. The van der Waals surface area contributed by atoms with Gasteiger partial charge in [0.05, 0.1) is 5.92 Å². The number of carbonyl (C=O) groups is 1. The highest BCUT2D eigenvalue weighted by atomic mass is 16.6. The second-order valence-electron chi connectivity index (χ2n) is 6.85. The number of esters is 1. The van der Waals surface area contributed by atoms with Crippen LogP contribution in [0.5, 0.6) is 0 Å². The molecular weight excluding hydrogens is 200 g/mol. The second kappa shape index (κ2) is 3.75. The molecule has 0 unspecified atom stereocenters. The van der Waals surface area contributed by atoms with E-state index in [-0.39, 0.29) is 17.5 Å². The number of carbonyl (C=O) groups excluding carboxylic acids is 1. The van der Waals surface area contributed by atoms with Gasteiger partial charge >= 0.3 is 5.97 Å². The van der Waals surface area contributed by atoms with Crippen LogP contribution in [-0.4, -0.2) is 11.6 Å². The predicted molar refractivity (Wildman–Crippen MR) is 64.0 cm³/mol. The summed E-state index contributed by atoms with van der Waals surface area (Å²) in [6, 6.07) is 0. The van der Waals surface area contributed by atoms with Crippen molar-refractivity contribution in [3.8, 4) is 0 Å². The highest BCUT2D eigenvalue weighted by Crippen LogP contribution is 2.47. The topological polar surface area (TPSA) is 26.3 Å². The summed E-state index contributed by atoms with van der Waals surface area (Å²) in [4.78, 5) is 11.5. The van der Waals surface area contributed by atoms with Crippen molar-refractivity contribution in [1.82, 2.24) is 0 Å². The van der Waals surface area contributed by atoms with Gasteiger partial charge in [0.2, 0.25) is 0 Å². The molecule has 0 aromatic rings. The summed E-state index contributed by atoms with van der Waals surface area (Å²) in [7, 11) is 0. The molecule has 1 aliphatic heterocycles. The van der Waals surface area contributed by atoms with Gasteiger partial charge in [0.25, 0.3) is 0 Å². The van der Waals surface area contributed by atoms with E-state index < -0.39 is 0 Å². The first-order valence-corrected chi connectivity index (χ1v) is 6.55. The minimum absolute atomic E-state index is 0.0224. The van der Waals surface area contributed by atoms with Crippen molar-refractivity contribution >= 4 is 5.97 Å². The summed E-state index contributed by atoms with van der Waals surface area (Å²) in [6.45, 7) is 8.95. The van der Waals surface area contributed by atoms with E-state index in [0.717, 1.165) is 25.2 Å². The van der Waals surface area contributed by atoms with Gasteiger partial charge in [-0.15, -0.1) is 0 Å². The first-order valence-electron chi connectivity index (χ1n) is 6.55. The minimum Gasteiger partial charge on any atom is -0.459 e. The molecule has 2 rings (SSSR count). The van der Waals surface area contributed by atoms with Gasteiger partial charge in [-0.1, -0.05) is 27.7 Å². The zero-order valence-electron chi connectivity index (χ0n) is 11.0. The second-order valence-corrected chi connectivity index (χ2v) is 6.85. The van der Waals surface area contributed by atoms with Gasteiger partial charge in [-0.2, -0.15) is 0 Å². The average molecular weight is 224 g/mol. The maximum Gasteiger partial charge on any atom is 0.309 e. The first kappa shape index (κ1) is 11.9. The third-order valence-electron chi connectivity index (χ3n) is 4.52. The summed E-state index contributed by atoms with van der Waals surface area (Å²) >= 11 is 0. The molecule has 0 aromatic heterocycles. The molecule has 1 aliphatic carbocycles. The SMILES string of the molecule is C[C@H]1CC2(CCC(C(C)(C)C)CC2)OC1=O. The Balaban J connectivity index is 1.98. The Kier molecular flexibility index (Phi) is 2.80. The van der Waals surface area contributed by atoms with Gasteiger partial charge in [-0.25, -0.2) is 0 Å². The lowest BCUT2D eigenvalue weighted by molar-refractivity contribution is -0.153. The Morgan fingerprint density at radius 2 is 1.81 bits per heavy atom. The molecule has 0 bridgehead atoms. The van der Waals surface area contributed by atoms with Crippen LogP contribution >= 0.6 is 0 Å². The number of hydrogen-bond acceptors (Lipinski definition) is 2. The molecule has 0 radical (unpaired) electrons. The van der Waals surface area contributed by atoms with Crippen molar-refractivity contribution in [2.45, 2.75) is 65.4 Å². The smallest absolute Gasteiger partial charge is 0.309 e. The summed E-state index contributed by atoms with van der Waals surface area (Å²) in [6.07, 6.45) is 5.52. The largest absolute Gasteiger partial charge is 0.459 e. The van der Waals surface area contributed by atoms with E-state index in [9.17, 15) is 4.79 Å². The van der Waals surface area contributed by atoms with Crippen LogP contribution in [0.15, 0.2) is 0 Å². The van der Waals surface area contributed by atoms with Crippen molar-refractivity contribution in [2.75, 3.05) is 0 Å². The highest BCUT2D eigenvalue weighted by Gasteiger charge is 2.47. The van der Waals surface area contributed by atoms with E-state index in [1.165, 1.54) is 12.8 Å². The zero-order valence-corrected chi connectivity index (χ0v) is 11.0. The number of rotatable bonds is 0. The van der Waals surface area contributed by atoms with E-state index in [1.807, 2.05) is 6.92 Å². The fourth-order valence-corrected chi connectivity index (χ4v) is 3.31. The van der Waals surface area contributed by atoms with Crippen molar-refractivity contribution in [3.05, 3.63) is 0 Å². The summed E-state index contributed by atoms with van der Waals surface area (Å²) in [5.74, 6) is 0.924. The standard InChI is InChI=1S/C14H24O2/c1-10-9-14(16-12(10)15)7-5-11(6-8-14)13(2,3)4/h10-11H,5-9H2,1-4H3/t10-,11?,14?/m0/s1. The van der Waals surface area contributed by atoms with Crippen molar-refractivity contribution < 1.29 is 9.53 Å². The highest BCUT2D eigenvalue weighted by molar-refractivity contribution is 5.74. The molecule has 2 heteroatoms. The molecular formula is C14H24O2. The van der Waals surface area contributed by atoms with Crippen LogP contribution in [0.4, 0.5) is 0 Å². The fourth-order valence-electron chi connectivity index (χ4n) is 3.31. The summed E-state index contributed by atoms with van der Waals surface area (Å²) < 4.78 is 5.62. The van der Waals surface area contributed by atoms with Gasteiger partial charge in [0, 0.05) is 6.42 Å². The monoisotopic (exact) mass is 224 g/mol. The number of hydrogen-bond donors (Lipinski definition) is 0. The third-order valence-corrected chi connectivity index (χ3v) is 4.52. The lowest BCUT2D eigenvalue weighted by Crippen LogP contribution is -2.37. The van der Waals surface area contributed by atoms with E-state index in [4.69, 9.17) is 4.74 Å². The normalized spacial score (nSPS) is 40.1. The third kappa shape index (κ3) is 2.11. The lowest BCUT2D eigenvalue weighted by Gasteiger charge is -2.41. The molecule has 16 heavy (non-hydrogen) atoms. The predicted octanol–water partition coefficient (Wildman–Crippen LogP) is 3.54. The molecule has 0 amide bonds. The molecule has 0 N–H and O–H groups in total. The van der Waals surface area contributed by atoms with Gasteiger partial charge in [0.15, 0.2) is 0 Å². The molecule has 1 saturated carbocycles. The quantitative estimate of drug-likeness (QED) is 0.588. The van der Waals surface area contributed by atoms with Gasteiger partial charge in [0.1, 0.15) is 5.60 Å². The van der Waals surface area contributed by atoms with Crippen molar-refractivity contribution in [3.63, 3.8) is 0 Å². The minimum atomic E-state index is -0.0851. The Labute approximate surface area is 98.7 Å². The molecule has 2 nitrogen and oxygen atoms in total. The van der Waals surface area contributed by atoms with E-state index >= 15 is 0 Å². The fraction of sp³-hybridized carbons (Fsp3) is 0.929. The summed E-state index contributed by atoms with van der Waals surface area (Å²) in [5.41, 5.74) is 0.314. The Bertz CT molecular complexity index is 280. The Hall–Kier alpha value is -0.530. The molecule has 1 atom stereocenters. The molecule has 1 spiro atoms. The number of ether oxygens (including phenoxy) is 1. The van der Waals surface area contributed by atoms with Gasteiger partial charge < -0.3 is 4.74 Å². The van der Waals surface area contributed by atoms with Crippen LogP contribution in [0.2, 0.25) is 0 Å². The molecule has 2 aliphatic rings. The summed E-state index contributed by atoms with van der Waals surface area (Å²) in [5, 5.41) is 0. The van der Waals surface area contributed by atoms with E-state index in [2.05, 4.69) is 20.8 Å².